The van der Waals surface area contributed by atoms with Gasteiger partial charge in [-0.05, 0) is 18.4 Å². The largest absolute Gasteiger partial charge is 0.379 e. The van der Waals surface area contributed by atoms with Crippen molar-refractivity contribution in [2.75, 3.05) is 39.1 Å². The fourth-order valence-electron chi connectivity index (χ4n) is 2.71. The summed E-state index contributed by atoms with van der Waals surface area (Å²) in [6.07, 6.45) is 6.78. The van der Waals surface area contributed by atoms with Gasteiger partial charge < -0.3 is 10.1 Å². The Kier molecular flexibility index (Phi) is 6.32. The van der Waals surface area contributed by atoms with Gasteiger partial charge in [-0.1, -0.05) is 17.8 Å². The van der Waals surface area contributed by atoms with Gasteiger partial charge in [0.1, 0.15) is 0 Å². The molecule has 7 nitrogen and oxygen atoms in total. The first-order valence-corrected chi connectivity index (χ1v) is 9.37. The summed E-state index contributed by atoms with van der Waals surface area (Å²) < 4.78 is 5.43. The number of amides is 1. The van der Waals surface area contributed by atoms with Crippen molar-refractivity contribution in [2.24, 2.45) is 0 Å². The van der Waals surface area contributed by atoms with Crippen LogP contribution in [0.3, 0.4) is 0 Å². The zero-order valence-electron chi connectivity index (χ0n) is 14.1. The van der Waals surface area contributed by atoms with Gasteiger partial charge in [0.25, 0.3) is 5.91 Å². The Morgan fingerprint density at radius 3 is 2.68 bits per heavy atom. The summed E-state index contributed by atoms with van der Waals surface area (Å²) in [6.45, 7) is 3.51. The SMILES string of the molecule is CSc1ncc(C(=O)NC[C@H](c2ccccn2)N2CCOCC2)cn1. The first-order chi connectivity index (χ1) is 12.3. The zero-order chi connectivity index (χ0) is 17.5. The minimum absolute atomic E-state index is 0.0143. The van der Waals surface area contributed by atoms with Crippen LogP contribution in [0.5, 0.6) is 0 Å². The lowest BCUT2D eigenvalue weighted by Gasteiger charge is -2.34. The number of hydrogen-bond donors (Lipinski definition) is 1. The maximum absolute atomic E-state index is 12.4. The molecule has 1 saturated heterocycles. The third-order valence-electron chi connectivity index (χ3n) is 4.04. The topological polar surface area (TPSA) is 80.2 Å². The minimum atomic E-state index is -0.179. The van der Waals surface area contributed by atoms with Crippen molar-refractivity contribution in [1.29, 1.82) is 0 Å². The van der Waals surface area contributed by atoms with Gasteiger partial charge in [-0.25, -0.2) is 9.97 Å². The lowest BCUT2D eigenvalue weighted by Crippen LogP contribution is -2.44. The van der Waals surface area contributed by atoms with Gasteiger partial charge in [-0.15, -0.1) is 0 Å². The molecular formula is C17H21N5O2S. The normalized spacial score (nSPS) is 16.4. The highest BCUT2D eigenvalue weighted by molar-refractivity contribution is 7.98. The zero-order valence-corrected chi connectivity index (χ0v) is 14.9. The maximum atomic E-state index is 12.4. The van der Waals surface area contributed by atoms with Gasteiger partial charge in [-0.2, -0.15) is 0 Å². The highest BCUT2D eigenvalue weighted by Crippen LogP contribution is 2.19. The molecule has 1 aliphatic heterocycles. The summed E-state index contributed by atoms with van der Waals surface area (Å²) >= 11 is 1.44. The fourth-order valence-corrected chi connectivity index (χ4v) is 3.03. The van der Waals surface area contributed by atoms with Gasteiger partial charge in [0.05, 0.1) is 30.5 Å². The third-order valence-corrected chi connectivity index (χ3v) is 4.62. The Balaban J connectivity index is 1.68. The molecule has 3 heterocycles. The van der Waals surface area contributed by atoms with Gasteiger partial charge in [0, 0.05) is 38.2 Å². The second-order valence-corrected chi connectivity index (χ2v) is 6.36. The molecule has 0 bridgehead atoms. The quantitative estimate of drug-likeness (QED) is 0.617. The Bertz CT molecular complexity index is 677. The predicted molar refractivity (Wildman–Crippen MR) is 95.5 cm³/mol. The predicted octanol–water partition coefficient (Wildman–Crippen LogP) is 1.40. The van der Waals surface area contributed by atoms with E-state index in [2.05, 4.69) is 25.2 Å². The van der Waals surface area contributed by atoms with Crippen molar-refractivity contribution in [3.8, 4) is 0 Å². The number of morpholine rings is 1. The van der Waals surface area contributed by atoms with E-state index in [1.165, 1.54) is 11.8 Å². The maximum Gasteiger partial charge on any atom is 0.254 e. The van der Waals surface area contributed by atoms with E-state index < -0.39 is 0 Å². The molecular weight excluding hydrogens is 338 g/mol. The van der Waals surface area contributed by atoms with Crippen LogP contribution in [0.25, 0.3) is 0 Å². The number of nitrogens with zero attached hydrogens (tertiary/aromatic N) is 4. The molecule has 0 radical (unpaired) electrons. The molecule has 2 aromatic rings. The standard InChI is InChI=1S/C17H21N5O2S/c1-25-17-20-10-13(11-21-17)16(23)19-12-15(14-4-2-3-5-18-14)22-6-8-24-9-7-22/h2-5,10-11,15H,6-9,12H2,1H3,(H,19,23)/t15-/m1/s1. The molecule has 0 aliphatic carbocycles. The number of nitrogens with one attached hydrogen (secondary N) is 1. The molecule has 1 atom stereocenters. The van der Waals surface area contributed by atoms with Crippen molar-refractivity contribution < 1.29 is 9.53 Å². The van der Waals surface area contributed by atoms with Crippen LogP contribution in [-0.2, 0) is 4.74 Å². The lowest BCUT2D eigenvalue weighted by molar-refractivity contribution is 0.0154. The van der Waals surface area contributed by atoms with Crippen molar-refractivity contribution >= 4 is 17.7 Å². The summed E-state index contributed by atoms with van der Waals surface area (Å²) in [4.78, 5) is 27.4. The lowest BCUT2D eigenvalue weighted by atomic mass is 10.1. The fraction of sp³-hybridized carbons (Fsp3) is 0.412. The van der Waals surface area contributed by atoms with Crippen molar-refractivity contribution in [3.05, 3.63) is 48.0 Å². The molecule has 0 saturated carbocycles. The molecule has 25 heavy (non-hydrogen) atoms. The second kappa shape index (κ2) is 8.89. The molecule has 2 aromatic heterocycles. The Morgan fingerprint density at radius 2 is 2.04 bits per heavy atom. The minimum Gasteiger partial charge on any atom is -0.379 e. The summed E-state index contributed by atoms with van der Waals surface area (Å²) in [7, 11) is 0. The van der Waals surface area contributed by atoms with E-state index >= 15 is 0 Å². The van der Waals surface area contributed by atoms with Crippen molar-refractivity contribution in [2.45, 2.75) is 11.2 Å². The summed E-state index contributed by atoms with van der Waals surface area (Å²) in [6, 6.07) is 5.86. The van der Waals surface area contributed by atoms with Gasteiger partial charge in [-0.3, -0.25) is 14.7 Å². The molecule has 1 aliphatic rings. The molecule has 0 aromatic carbocycles. The van der Waals surface area contributed by atoms with E-state index in [4.69, 9.17) is 4.74 Å². The Hall–Kier alpha value is -2.03. The van der Waals surface area contributed by atoms with Crippen LogP contribution in [0.2, 0.25) is 0 Å². The second-order valence-electron chi connectivity index (χ2n) is 5.59. The van der Waals surface area contributed by atoms with E-state index in [0.717, 1.165) is 18.8 Å². The van der Waals surface area contributed by atoms with E-state index in [1.807, 2.05) is 24.5 Å². The molecule has 1 amide bonds. The molecule has 1 N–H and O–H groups in total. The molecule has 3 rings (SSSR count). The first kappa shape index (κ1) is 17.8. The van der Waals surface area contributed by atoms with Gasteiger partial charge >= 0.3 is 0 Å². The number of thioether (sulfide) groups is 1. The highest BCUT2D eigenvalue weighted by Gasteiger charge is 2.24. The van der Waals surface area contributed by atoms with Crippen LogP contribution in [0.15, 0.2) is 41.9 Å². The van der Waals surface area contributed by atoms with Gasteiger partial charge in [0.15, 0.2) is 5.16 Å². The smallest absolute Gasteiger partial charge is 0.254 e. The summed E-state index contributed by atoms with van der Waals surface area (Å²) in [5.74, 6) is -0.179. The number of ether oxygens (including phenoxy) is 1. The molecule has 1 fully saturated rings. The summed E-state index contributed by atoms with van der Waals surface area (Å²) in [5, 5.41) is 3.63. The van der Waals surface area contributed by atoms with E-state index in [0.29, 0.717) is 30.5 Å². The van der Waals surface area contributed by atoms with E-state index in [9.17, 15) is 4.79 Å². The highest BCUT2D eigenvalue weighted by atomic mass is 32.2. The number of carbonyl (C=O) groups excluding carboxylic acids is 1. The molecule has 0 unspecified atom stereocenters. The number of hydrogen-bond acceptors (Lipinski definition) is 7. The van der Waals surface area contributed by atoms with Crippen molar-refractivity contribution in [1.82, 2.24) is 25.2 Å². The monoisotopic (exact) mass is 359 g/mol. The molecule has 0 spiro atoms. The van der Waals surface area contributed by atoms with Crippen molar-refractivity contribution in [3.63, 3.8) is 0 Å². The van der Waals surface area contributed by atoms with Crippen LogP contribution in [0.4, 0.5) is 0 Å². The third kappa shape index (κ3) is 4.75. The van der Waals surface area contributed by atoms with Crippen LogP contribution in [0, 0.1) is 0 Å². The number of aromatic nitrogens is 3. The van der Waals surface area contributed by atoms with Gasteiger partial charge in [0.2, 0.25) is 0 Å². The van der Waals surface area contributed by atoms with E-state index in [-0.39, 0.29) is 11.9 Å². The van der Waals surface area contributed by atoms with Crippen LogP contribution in [0.1, 0.15) is 22.1 Å². The number of rotatable bonds is 6. The van der Waals surface area contributed by atoms with E-state index in [1.54, 1.807) is 18.6 Å². The molecule has 132 valence electrons. The number of carbonyl (C=O) groups is 1. The van der Waals surface area contributed by atoms with Crippen LogP contribution >= 0.6 is 11.8 Å². The Morgan fingerprint density at radius 1 is 1.28 bits per heavy atom. The summed E-state index contributed by atoms with van der Waals surface area (Å²) in [5.41, 5.74) is 1.40. The average molecular weight is 359 g/mol. The van der Waals surface area contributed by atoms with Crippen LogP contribution in [-0.4, -0.2) is 64.9 Å². The van der Waals surface area contributed by atoms with Crippen LogP contribution < -0.4 is 5.32 Å². The number of pyridine rings is 1. The average Bonchev–Trinajstić information content (AvgIpc) is 2.70. The molecule has 8 heteroatoms. The Labute approximate surface area is 151 Å². The first-order valence-electron chi connectivity index (χ1n) is 8.15.